The Hall–Kier alpha value is -4.92. The van der Waals surface area contributed by atoms with Crippen molar-refractivity contribution in [2.24, 2.45) is 5.14 Å². The van der Waals surface area contributed by atoms with Crippen molar-refractivity contribution in [3.05, 3.63) is 175 Å². The molecule has 0 aliphatic carbocycles. The summed E-state index contributed by atoms with van der Waals surface area (Å²) in [6, 6.07) is 32.4. The minimum atomic E-state index is -4.67. The van der Waals surface area contributed by atoms with Gasteiger partial charge in [-0.25, -0.2) is 31.5 Å². The SMILES string of the molecule is C=C(C)C.CC(C)(C)OC(=O)Cc1ccccc1S(=O)(=O)NC(=O)c1ccc(Br)cc1.COC(=O)Cc1cccc(Br)c1.COC(=O)Cc1ccccc1S(N)(=O)=O.N.O=C(O)c1ccc(Br)cc1.O=S(=O)(O)Cl.O=S(=O)(O)O.[HH].[Li+].[OH-]. The number of sulfonamides is 2. The van der Waals surface area contributed by atoms with Gasteiger partial charge in [-0.15, -0.1) is 6.58 Å². The Bertz CT molecular complexity index is 3220. The molecular formula is C48H62Br3ClLiN3O21S4. The Morgan fingerprint density at radius 2 is 0.988 bits per heavy atom. The van der Waals surface area contributed by atoms with E-state index in [0.29, 0.717) is 17.5 Å². The van der Waals surface area contributed by atoms with E-state index in [4.69, 9.17) is 45.5 Å². The predicted molar refractivity (Wildman–Crippen MR) is 310 cm³/mol. The minimum absolute atomic E-state index is 0. The molecule has 0 saturated carbocycles. The van der Waals surface area contributed by atoms with Crippen LogP contribution in [0.5, 0.6) is 0 Å². The number of allylic oxidation sites excluding steroid dienone is 1. The van der Waals surface area contributed by atoms with Crippen molar-refractivity contribution in [3.8, 4) is 0 Å². The summed E-state index contributed by atoms with van der Waals surface area (Å²) < 4.78 is 123. The molecule has 11 N–H and O–H groups in total. The number of nitrogens with two attached hydrogens (primary N) is 1. The van der Waals surface area contributed by atoms with Crippen molar-refractivity contribution < 1.29 is 116 Å². The standard InChI is InChI=1S/C19H20BrNO5S.C9H9BrO2.C9H11NO4S.C7H5BrO2.C4H8.ClHO3S.Li.H3N.H2O4S.H2O.H2/c1-19(2,3)26-17(22)12-14-6-4-5-7-16(14)27(24,25)21-18(23)13-8-10-15(20)11-9-13;1-12-9(11)6-7-3-2-4-8(10)5-7;1-14-9(11)6-7-4-2-3-5-8(7)15(10,12)13;8-6-3-1-5(2-4-6)7(9)10;1-4(2)3;1-5(2,3)4;;;1-5(2,3)4;;/h4-11H,12H2,1-3H3,(H,21,23);2-5H,6H2,1H3;2-5H,6H2,1H3,(H2,10,12,13);1-4H,(H,9,10);1H2,2-3H3;(H,2,3,4);;1H3;(H2,1,2,3,4);1H2;1H/q;;;;;;+1;;;;/p-1. The second-order valence-corrected chi connectivity index (χ2v) is 24.8. The molecule has 0 atom stereocenters. The van der Waals surface area contributed by atoms with Crippen LogP contribution in [0, 0.1) is 0 Å². The van der Waals surface area contributed by atoms with E-state index in [1.807, 2.05) is 42.8 Å². The molecule has 0 heterocycles. The van der Waals surface area contributed by atoms with Crippen LogP contribution in [0.25, 0.3) is 0 Å². The number of hydrogen-bond donors (Lipinski definition) is 7. The van der Waals surface area contributed by atoms with Gasteiger partial charge in [-0.2, -0.15) is 16.8 Å². The third kappa shape index (κ3) is 46.3. The smallest absolute Gasteiger partial charge is 0.870 e. The molecule has 5 aromatic rings. The number of esters is 3. The van der Waals surface area contributed by atoms with E-state index in [0.717, 1.165) is 19.0 Å². The summed E-state index contributed by atoms with van der Waals surface area (Å²) in [7, 11) is -10.1. The Labute approximate surface area is 514 Å². The van der Waals surface area contributed by atoms with Gasteiger partial charge in [0, 0.05) is 31.1 Å². The number of halogens is 4. The summed E-state index contributed by atoms with van der Waals surface area (Å²) in [6.45, 7) is 12.7. The first-order valence-electron chi connectivity index (χ1n) is 21.2. The maximum absolute atomic E-state index is 12.7. The van der Waals surface area contributed by atoms with Gasteiger partial charge in [-0.3, -0.25) is 32.8 Å². The zero-order valence-corrected chi connectivity index (χ0v) is 53.4. The number of carboxylic acid groups (broad SMARTS) is 1. The fourth-order valence-electron chi connectivity index (χ4n) is 4.92. The van der Waals surface area contributed by atoms with Gasteiger partial charge < -0.3 is 30.9 Å². The molecule has 0 saturated heterocycles. The number of amides is 1. The molecule has 33 heteroatoms. The quantitative estimate of drug-likeness (QED) is 0.0199. The minimum Gasteiger partial charge on any atom is -0.870 e. The van der Waals surface area contributed by atoms with E-state index in [9.17, 15) is 40.8 Å². The molecule has 1 amide bonds. The van der Waals surface area contributed by atoms with Crippen LogP contribution in [-0.2, 0) is 87.6 Å². The molecular weight excluding hydrogens is 1360 g/mol. The van der Waals surface area contributed by atoms with Crippen molar-refractivity contribution in [3.63, 3.8) is 0 Å². The average molecular weight is 1430 g/mol. The number of carboxylic acids is 1. The fourth-order valence-corrected chi connectivity index (χ4v) is 7.88. The van der Waals surface area contributed by atoms with Gasteiger partial charge in [0.15, 0.2) is 0 Å². The summed E-state index contributed by atoms with van der Waals surface area (Å²) in [4.78, 5) is 56.3. The number of hydrogen-bond acceptors (Lipinski definition) is 18. The Kier molecular flexibility index (Phi) is 43.1. The predicted octanol–water partition coefficient (Wildman–Crippen LogP) is 6.01. The first kappa shape index (κ1) is 84.9. The maximum Gasteiger partial charge on any atom is 1.00 e. The molecule has 24 nitrogen and oxygen atoms in total. The average Bonchev–Trinajstić information content (AvgIpc) is 3.28. The molecule has 0 aliphatic heterocycles. The Morgan fingerprint density at radius 3 is 1.36 bits per heavy atom. The Balaban J connectivity index is -0.000000225. The molecule has 0 aromatic heterocycles. The number of primary sulfonamides is 1. The second kappa shape index (κ2) is 41.1. The van der Waals surface area contributed by atoms with Gasteiger partial charge in [-0.1, -0.05) is 102 Å². The first-order chi connectivity index (χ1) is 35.6. The van der Waals surface area contributed by atoms with E-state index < -0.39 is 69.2 Å². The number of carbonyl (C=O) groups is 5. The van der Waals surface area contributed by atoms with Crippen molar-refractivity contribution in [1.29, 1.82) is 0 Å². The third-order valence-corrected chi connectivity index (χ3v) is 11.7. The number of aromatic carboxylic acids is 1. The van der Waals surface area contributed by atoms with Crippen LogP contribution >= 0.6 is 58.5 Å². The van der Waals surface area contributed by atoms with E-state index in [1.54, 1.807) is 75.4 Å². The normalized spacial score (nSPS) is 10.3. The molecule has 81 heavy (non-hydrogen) atoms. The molecule has 0 radical (unpaired) electrons. The summed E-state index contributed by atoms with van der Waals surface area (Å²) in [6.07, 6.45) is -0.000128. The third-order valence-electron chi connectivity index (χ3n) is 7.75. The number of nitrogens with one attached hydrogen (secondary N) is 1. The molecule has 0 fully saturated rings. The first-order valence-corrected chi connectivity index (χ1v) is 30.2. The largest absolute Gasteiger partial charge is 1.00 e. The van der Waals surface area contributed by atoms with Crippen LogP contribution in [0.3, 0.4) is 0 Å². The van der Waals surface area contributed by atoms with Gasteiger partial charge in [0.25, 0.3) is 15.9 Å². The molecule has 5 rings (SSSR count). The molecule has 0 aliphatic rings. The topological polar surface area (TPSA) is 434 Å². The van der Waals surface area contributed by atoms with Crippen molar-refractivity contribution in [1.82, 2.24) is 10.9 Å². The summed E-state index contributed by atoms with van der Waals surface area (Å²) in [5.74, 6) is -2.93. The zero-order chi connectivity index (χ0) is 60.8. The van der Waals surface area contributed by atoms with E-state index in [-0.39, 0.29) is 71.6 Å². The van der Waals surface area contributed by atoms with Crippen LogP contribution < -0.4 is 34.9 Å². The van der Waals surface area contributed by atoms with Gasteiger partial charge in [0.1, 0.15) is 5.60 Å². The van der Waals surface area contributed by atoms with Gasteiger partial charge in [-0.05, 0) is 124 Å². The number of benzene rings is 5. The van der Waals surface area contributed by atoms with E-state index in [2.05, 4.69) is 74.5 Å². The van der Waals surface area contributed by atoms with Gasteiger partial charge >= 0.3 is 62.5 Å². The maximum atomic E-state index is 12.7. The summed E-state index contributed by atoms with van der Waals surface area (Å²) >= 11 is 9.78. The van der Waals surface area contributed by atoms with Crippen LogP contribution in [0.15, 0.2) is 157 Å². The monoisotopic (exact) mass is 1420 g/mol. The summed E-state index contributed by atoms with van der Waals surface area (Å²) in [5, 5.41) is 13.5. The number of methoxy groups -OCH3 is 2. The fraction of sp³-hybridized carbons (Fsp3) is 0.229. The molecule has 0 spiro atoms. The molecule has 0 bridgehead atoms. The van der Waals surface area contributed by atoms with Crippen molar-refractivity contribution >= 4 is 128 Å². The van der Waals surface area contributed by atoms with Crippen molar-refractivity contribution in [2.45, 2.75) is 69.3 Å². The molecule has 448 valence electrons. The van der Waals surface area contributed by atoms with Gasteiger partial charge in [0.05, 0.1) is 48.8 Å². The number of ether oxygens (including phenoxy) is 3. The van der Waals surface area contributed by atoms with E-state index in [1.165, 1.54) is 62.3 Å². The van der Waals surface area contributed by atoms with Gasteiger partial charge in [0.2, 0.25) is 10.0 Å². The molecule has 0 unspecified atom stereocenters. The van der Waals surface area contributed by atoms with Crippen LogP contribution in [0.4, 0.5) is 0 Å². The molecule has 5 aromatic carbocycles. The van der Waals surface area contributed by atoms with Crippen LogP contribution in [-0.4, -0.2) is 108 Å². The van der Waals surface area contributed by atoms with Crippen LogP contribution in [0.2, 0.25) is 0 Å². The second-order valence-electron chi connectivity index (χ2n) is 16.0. The van der Waals surface area contributed by atoms with Crippen molar-refractivity contribution in [2.75, 3.05) is 14.2 Å². The zero-order valence-electron chi connectivity index (χ0n) is 44.6. The summed E-state index contributed by atoms with van der Waals surface area (Å²) in [5.41, 5.74) is 2.54. The van der Waals surface area contributed by atoms with Crippen LogP contribution in [0.1, 0.15) is 73.5 Å². The van der Waals surface area contributed by atoms with E-state index >= 15 is 0 Å². The Morgan fingerprint density at radius 1 is 0.630 bits per heavy atom. The number of carbonyl (C=O) groups excluding carboxylic acids is 4. The number of rotatable bonds is 11.